The summed E-state index contributed by atoms with van der Waals surface area (Å²) in [5.74, 6) is 0.856. The summed E-state index contributed by atoms with van der Waals surface area (Å²) in [7, 11) is 2.85. The van der Waals surface area contributed by atoms with Crippen molar-refractivity contribution in [2.45, 2.75) is 51.9 Å². The second-order valence-corrected chi connectivity index (χ2v) is 9.65. The molecule has 1 aromatic carbocycles. The fraction of sp³-hybridized carbons (Fsp3) is 0.429. The molecular weight excluding hydrogens is 463 g/mol. The largest absolute Gasteiger partial charge is 0.494 e. The number of carbonyl (C=O) groups excluding carboxylic acids is 1. The molecule has 0 spiro atoms. The van der Waals surface area contributed by atoms with Gasteiger partial charge in [-0.3, -0.25) is 4.79 Å². The zero-order chi connectivity index (χ0) is 25.9. The minimum Gasteiger partial charge on any atom is -0.494 e. The molecule has 1 aliphatic carbocycles. The Morgan fingerprint density at radius 1 is 1.19 bits per heavy atom. The van der Waals surface area contributed by atoms with Gasteiger partial charge in [-0.25, -0.2) is 4.39 Å². The average Bonchev–Trinajstić information content (AvgIpc) is 3.32. The maximum Gasteiger partial charge on any atom is 0.291 e. The standard InChI is InChI=1S/C28H33FN2O5/c1-17-13-18-7-6-10-28(2,3)21(18)15-19(17)14-20-8-9-22(36-20)26(32)31-25-23(33-4)16-24(35-12-11-29)30-27(25)34-5/h8-9,13,15-16H,6-7,10-12,14H2,1-5H3,(H,31,32). The van der Waals surface area contributed by atoms with Crippen molar-refractivity contribution in [3.63, 3.8) is 0 Å². The van der Waals surface area contributed by atoms with Crippen molar-refractivity contribution in [3.05, 3.63) is 64.1 Å². The first-order valence-electron chi connectivity index (χ1n) is 12.1. The van der Waals surface area contributed by atoms with Gasteiger partial charge in [-0.05, 0) is 66.0 Å². The molecule has 2 heterocycles. The van der Waals surface area contributed by atoms with Gasteiger partial charge < -0.3 is 23.9 Å². The van der Waals surface area contributed by atoms with Crippen molar-refractivity contribution in [2.75, 3.05) is 32.8 Å². The van der Waals surface area contributed by atoms with Crippen molar-refractivity contribution in [1.29, 1.82) is 0 Å². The summed E-state index contributed by atoms with van der Waals surface area (Å²) < 4.78 is 34.3. The predicted molar refractivity (Wildman–Crippen MR) is 135 cm³/mol. The van der Waals surface area contributed by atoms with Gasteiger partial charge in [0.05, 0.1) is 14.2 Å². The molecule has 3 aromatic rings. The molecule has 0 aliphatic heterocycles. The molecule has 0 unspecified atom stereocenters. The third-order valence-corrected chi connectivity index (χ3v) is 6.69. The molecule has 0 bridgehead atoms. The third kappa shape index (κ3) is 5.32. The lowest BCUT2D eigenvalue weighted by molar-refractivity contribution is 0.0994. The molecule has 1 amide bonds. The number of benzene rings is 1. The highest BCUT2D eigenvalue weighted by atomic mass is 19.1. The maximum absolute atomic E-state index is 13.0. The van der Waals surface area contributed by atoms with Crippen molar-refractivity contribution >= 4 is 11.6 Å². The smallest absolute Gasteiger partial charge is 0.291 e. The van der Waals surface area contributed by atoms with Crippen LogP contribution in [-0.4, -0.2) is 38.4 Å². The molecule has 0 saturated heterocycles. The summed E-state index contributed by atoms with van der Waals surface area (Å²) >= 11 is 0. The Balaban J connectivity index is 1.53. The molecule has 192 valence electrons. The van der Waals surface area contributed by atoms with E-state index >= 15 is 0 Å². The van der Waals surface area contributed by atoms with Crippen LogP contribution < -0.4 is 19.5 Å². The van der Waals surface area contributed by atoms with E-state index in [-0.39, 0.29) is 41.0 Å². The lowest BCUT2D eigenvalue weighted by atomic mass is 9.71. The summed E-state index contributed by atoms with van der Waals surface area (Å²) in [5.41, 5.74) is 5.64. The van der Waals surface area contributed by atoms with E-state index in [0.717, 1.165) is 6.42 Å². The zero-order valence-electron chi connectivity index (χ0n) is 21.5. The topological polar surface area (TPSA) is 82.8 Å². The van der Waals surface area contributed by atoms with Gasteiger partial charge in [-0.15, -0.1) is 0 Å². The van der Waals surface area contributed by atoms with E-state index in [1.54, 1.807) is 6.07 Å². The number of alkyl halides is 1. The number of hydrogen-bond donors (Lipinski definition) is 1. The molecule has 36 heavy (non-hydrogen) atoms. The Bertz CT molecular complexity index is 1230. The minimum atomic E-state index is -0.658. The van der Waals surface area contributed by atoms with E-state index in [0.29, 0.717) is 12.2 Å². The normalized spacial score (nSPS) is 14.2. The lowest BCUT2D eigenvalue weighted by Crippen LogP contribution is -2.24. The first-order chi connectivity index (χ1) is 17.2. The lowest BCUT2D eigenvalue weighted by Gasteiger charge is -2.33. The molecule has 0 atom stereocenters. The fourth-order valence-electron chi connectivity index (χ4n) is 4.77. The van der Waals surface area contributed by atoms with Gasteiger partial charge in [0.2, 0.25) is 11.8 Å². The number of aryl methyl sites for hydroxylation is 2. The number of nitrogens with zero attached hydrogens (tertiary/aromatic N) is 1. The van der Waals surface area contributed by atoms with Crippen LogP contribution >= 0.6 is 0 Å². The van der Waals surface area contributed by atoms with E-state index in [1.165, 1.54) is 55.4 Å². The van der Waals surface area contributed by atoms with Crippen LogP contribution in [0.5, 0.6) is 17.5 Å². The first kappa shape index (κ1) is 25.5. The number of nitrogens with one attached hydrogen (secondary N) is 1. The molecule has 0 radical (unpaired) electrons. The van der Waals surface area contributed by atoms with E-state index in [2.05, 4.69) is 43.2 Å². The van der Waals surface area contributed by atoms with Gasteiger partial charge >= 0.3 is 0 Å². The molecule has 4 rings (SSSR count). The Morgan fingerprint density at radius 2 is 2.00 bits per heavy atom. The summed E-state index contributed by atoms with van der Waals surface area (Å²) in [6.45, 7) is 5.92. The number of ether oxygens (including phenoxy) is 3. The van der Waals surface area contributed by atoms with Gasteiger partial charge in [0.25, 0.3) is 5.91 Å². The highest BCUT2D eigenvalue weighted by Gasteiger charge is 2.28. The maximum atomic E-state index is 13.0. The van der Waals surface area contributed by atoms with E-state index in [1.807, 2.05) is 6.07 Å². The highest BCUT2D eigenvalue weighted by molar-refractivity contribution is 6.04. The number of hydrogen-bond acceptors (Lipinski definition) is 6. The number of aromatic nitrogens is 1. The Kier molecular flexibility index (Phi) is 7.52. The van der Waals surface area contributed by atoms with Crippen LogP contribution in [0.4, 0.5) is 10.1 Å². The van der Waals surface area contributed by atoms with Gasteiger partial charge in [0.15, 0.2) is 11.5 Å². The average molecular weight is 497 g/mol. The molecule has 8 heteroatoms. The van der Waals surface area contributed by atoms with Crippen molar-refractivity contribution in [1.82, 2.24) is 4.98 Å². The highest BCUT2D eigenvalue weighted by Crippen LogP contribution is 2.39. The number of rotatable bonds is 9. The summed E-state index contributed by atoms with van der Waals surface area (Å²) in [4.78, 5) is 17.2. The molecule has 1 aliphatic rings. The van der Waals surface area contributed by atoms with Crippen LogP contribution in [0.2, 0.25) is 0 Å². The summed E-state index contributed by atoms with van der Waals surface area (Å²) in [6, 6.07) is 9.53. The van der Waals surface area contributed by atoms with Gasteiger partial charge in [0.1, 0.15) is 24.7 Å². The van der Waals surface area contributed by atoms with Crippen LogP contribution in [-0.2, 0) is 18.3 Å². The van der Waals surface area contributed by atoms with E-state index in [4.69, 9.17) is 18.6 Å². The van der Waals surface area contributed by atoms with Crippen LogP contribution in [0.3, 0.4) is 0 Å². The minimum absolute atomic E-state index is 0.0793. The van der Waals surface area contributed by atoms with Gasteiger partial charge in [-0.1, -0.05) is 26.0 Å². The van der Waals surface area contributed by atoms with Crippen LogP contribution in [0.1, 0.15) is 65.3 Å². The van der Waals surface area contributed by atoms with E-state index in [9.17, 15) is 9.18 Å². The fourth-order valence-corrected chi connectivity index (χ4v) is 4.77. The van der Waals surface area contributed by atoms with Crippen molar-refractivity contribution < 1.29 is 27.8 Å². The SMILES string of the molecule is COc1cc(OCCF)nc(OC)c1NC(=O)c1ccc(Cc2cc3c(cc2C)CCCC3(C)C)o1. The molecule has 2 aromatic heterocycles. The van der Waals surface area contributed by atoms with Crippen LogP contribution in [0.15, 0.2) is 34.7 Å². The predicted octanol–water partition coefficient (Wildman–Crippen LogP) is 5.81. The van der Waals surface area contributed by atoms with Crippen molar-refractivity contribution in [3.8, 4) is 17.5 Å². The number of methoxy groups -OCH3 is 2. The number of anilines is 1. The number of fused-ring (bicyclic) bond motifs is 1. The first-order valence-corrected chi connectivity index (χ1v) is 12.1. The molecular formula is C28H33FN2O5. The van der Waals surface area contributed by atoms with Crippen LogP contribution in [0.25, 0.3) is 0 Å². The number of furan rings is 1. The van der Waals surface area contributed by atoms with Gasteiger partial charge in [0, 0.05) is 12.5 Å². The van der Waals surface area contributed by atoms with Crippen LogP contribution in [0, 0.1) is 6.92 Å². The number of halogens is 1. The second-order valence-electron chi connectivity index (χ2n) is 9.65. The molecule has 1 N–H and O–H groups in total. The zero-order valence-corrected chi connectivity index (χ0v) is 21.5. The molecule has 0 saturated carbocycles. The monoisotopic (exact) mass is 496 g/mol. The Labute approximate surface area is 211 Å². The third-order valence-electron chi connectivity index (χ3n) is 6.69. The van der Waals surface area contributed by atoms with Crippen molar-refractivity contribution in [2.24, 2.45) is 0 Å². The Hall–Kier alpha value is -3.55. The second kappa shape index (κ2) is 10.6. The van der Waals surface area contributed by atoms with Gasteiger partial charge in [-0.2, -0.15) is 4.98 Å². The quantitative estimate of drug-likeness (QED) is 0.403. The number of pyridine rings is 1. The molecule has 7 nitrogen and oxygen atoms in total. The van der Waals surface area contributed by atoms with E-state index < -0.39 is 12.6 Å². The Morgan fingerprint density at radius 3 is 2.72 bits per heavy atom. The number of amides is 1. The molecule has 0 fully saturated rings. The summed E-state index contributed by atoms with van der Waals surface area (Å²) in [6.07, 6.45) is 4.11. The summed E-state index contributed by atoms with van der Waals surface area (Å²) in [5, 5.41) is 2.75. The number of carbonyl (C=O) groups is 1.